The molecule has 4 aromatic heterocycles. The van der Waals surface area contributed by atoms with Crippen molar-refractivity contribution in [3.63, 3.8) is 0 Å². The second kappa shape index (κ2) is 29.4. The Hall–Kier alpha value is -8.37. The van der Waals surface area contributed by atoms with Gasteiger partial charge in [-0.15, -0.1) is 0 Å². The minimum Gasteiger partial charge on any atom is -0.477 e. The first-order valence-electron chi connectivity index (χ1n) is 25.1. The van der Waals surface area contributed by atoms with E-state index < -0.39 is 42.3 Å². The average Bonchev–Trinajstić information content (AvgIpc) is 4.18. The van der Waals surface area contributed by atoms with Gasteiger partial charge in [0.05, 0.1) is 95.2 Å². The first-order valence-corrected chi connectivity index (χ1v) is 29.3. The number of aryl methyl sites for hydroxylation is 5. The van der Waals surface area contributed by atoms with E-state index >= 15 is 0 Å². The zero-order valence-corrected chi connectivity index (χ0v) is 48.9. The highest BCUT2D eigenvalue weighted by Gasteiger charge is 2.22. The van der Waals surface area contributed by atoms with Gasteiger partial charge < -0.3 is 19.3 Å². The number of aromatic nitrogens is 6. The second-order valence-corrected chi connectivity index (χ2v) is 23.5. The number of H-pyrrole nitrogens is 1. The maximum absolute atomic E-state index is 12.4. The van der Waals surface area contributed by atoms with E-state index in [1.807, 2.05) is 46.8 Å². The van der Waals surface area contributed by atoms with Crippen molar-refractivity contribution >= 4 is 42.3 Å². The van der Waals surface area contributed by atoms with Crippen molar-refractivity contribution in [1.82, 2.24) is 29.5 Å². The Balaban J connectivity index is 0.000000235. The highest BCUT2D eigenvalue weighted by atomic mass is 32.2. The molecule has 0 aliphatic rings. The summed E-state index contributed by atoms with van der Waals surface area (Å²) in [6, 6.07) is 28.7. The molecular weight excluding hydrogens is 1120 g/mol. The van der Waals surface area contributed by atoms with Crippen LogP contribution in [0.4, 0.5) is 0 Å². The van der Waals surface area contributed by atoms with Crippen LogP contribution in [0.15, 0.2) is 129 Å². The molecule has 0 aliphatic carbocycles. The van der Waals surface area contributed by atoms with Crippen molar-refractivity contribution < 1.29 is 61.6 Å². The van der Waals surface area contributed by atoms with E-state index in [4.69, 9.17) is 27.3 Å². The van der Waals surface area contributed by atoms with Crippen LogP contribution in [0, 0.1) is 55.3 Å². The molecule has 0 fully saturated rings. The van der Waals surface area contributed by atoms with E-state index in [1.54, 1.807) is 50.5 Å². The maximum Gasteiger partial charge on any atom is 0.338 e. The lowest BCUT2D eigenvalue weighted by Crippen LogP contribution is -2.15. The molecule has 7 aromatic rings. The maximum atomic E-state index is 12.4. The molecule has 26 heteroatoms. The van der Waals surface area contributed by atoms with Crippen LogP contribution in [0.5, 0.6) is 5.88 Å². The Bertz CT molecular complexity index is 3830. The van der Waals surface area contributed by atoms with Crippen molar-refractivity contribution in [2.75, 3.05) is 40.6 Å². The SMILES string of the molecule is COC(=O)c1cc(C#N)nc(-c2c[nH]n(C)c2=O)c1.COC(=O)c1cc(C#N)nc(-c2cnn(C)c2OCC[C@@H](C)COS(=O)(=O)c2ccc(C)cc2)c1.Cc1ccc(S(=O)(=O)OCCC[C@@H](C)COS(=O)(=O)c2ccc(C)cc2)cc1. The molecule has 3 aromatic carbocycles. The van der Waals surface area contributed by atoms with Crippen molar-refractivity contribution in [1.29, 1.82) is 10.5 Å². The van der Waals surface area contributed by atoms with E-state index in [0.29, 0.717) is 36.4 Å². The van der Waals surface area contributed by atoms with Gasteiger partial charge in [0.25, 0.3) is 35.9 Å². The van der Waals surface area contributed by atoms with Gasteiger partial charge in [-0.3, -0.25) is 22.0 Å². The van der Waals surface area contributed by atoms with Crippen LogP contribution in [0.2, 0.25) is 0 Å². The fourth-order valence-corrected chi connectivity index (χ4v) is 10.2. The topological polar surface area (TPSA) is 321 Å². The van der Waals surface area contributed by atoms with E-state index in [1.165, 1.54) is 96.6 Å². The molecule has 7 rings (SSSR count). The van der Waals surface area contributed by atoms with E-state index in [9.17, 15) is 44.9 Å². The Kier molecular flexibility index (Phi) is 23.1. The summed E-state index contributed by atoms with van der Waals surface area (Å²) < 4.78 is 107. The molecule has 1 N–H and O–H groups in total. The summed E-state index contributed by atoms with van der Waals surface area (Å²) >= 11 is 0. The molecule has 4 heterocycles. The van der Waals surface area contributed by atoms with Crippen LogP contribution >= 0.6 is 0 Å². The molecule has 0 spiro atoms. The Morgan fingerprint density at radius 3 is 1.43 bits per heavy atom. The Morgan fingerprint density at radius 2 is 1.02 bits per heavy atom. The summed E-state index contributed by atoms with van der Waals surface area (Å²) in [4.78, 5) is 43.9. The number of aromatic amines is 1. The first-order chi connectivity index (χ1) is 38.8. The molecule has 0 saturated heterocycles. The summed E-state index contributed by atoms with van der Waals surface area (Å²) in [6.45, 7) is 9.65. The number of hydrogen-bond acceptors (Lipinski definition) is 20. The number of ether oxygens (including phenoxy) is 3. The van der Waals surface area contributed by atoms with Gasteiger partial charge >= 0.3 is 11.9 Å². The van der Waals surface area contributed by atoms with E-state index in [2.05, 4.69) is 24.9 Å². The predicted octanol–water partition coefficient (Wildman–Crippen LogP) is 7.52. The van der Waals surface area contributed by atoms with Gasteiger partial charge in [-0.2, -0.15) is 40.9 Å². The van der Waals surface area contributed by atoms with Crippen molar-refractivity contribution in [2.45, 2.75) is 68.6 Å². The molecule has 434 valence electrons. The number of carbonyl (C=O) groups excluding carboxylic acids is 2. The number of methoxy groups -OCH3 is 2. The number of rotatable bonds is 22. The second-order valence-electron chi connectivity index (χ2n) is 18.7. The molecule has 2 atom stereocenters. The van der Waals surface area contributed by atoms with Gasteiger partial charge in [-0.1, -0.05) is 66.9 Å². The van der Waals surface area contributed by atoms with Gasteiger partial charge in [0.15, 0.2) is 0 Å². The standard InChI is InChI=1S/C24H26N4O6S.C20H26O6S2.C12H10N4O3/c1-16-5-7-20(8-6-16)35(30,31)34-15-17(2)9-10-33-23-21(14-26-28(23)3)22-12-18(24(29)32-4)11-19(13-25)27-22;1-16-6-10-19(11-7-16)27(21,22)25-14-4-5-18(3)15-26-28(23,24)20-12-8-17(2)9-13-20;1-16-11(17)9(6-14-16)10-4-7(12(18)19-2)3-8(5-13)15-10/h5-8,11-12,14,17H,9-10,15H2,1-4H3;6-13,18H,4-5,14-15H2,1-3H3;3-4,6,14H,1-2H3/t17-;18-;/m11./s1. The van der Waals surface area contributed by atoms with Crippen LogP contribution in [0.3, 0.4) is 0 Å². The van der Waals surface area contributed by atoms with E-state index in [0.717, 1.165) is 16.7 Å². The average molecular weight is 1180 g/mol. The number of nitriles is 2. The lowest BCUT2D eigenvalue weighted by atomic mass is 10.1. The normalized spacial score (nSPS) is 12.0. The molecule has 0 amide bonds. The fraction of sp³-hybridized carbons (Fsp3) is 0.321. The smallest absolute Gasteiger partial charge is 0.338 e. The Morgan fingerprint density at radius 1 is 0.610 bits per heavy atom. The highest BCUT2D eigenvalue weighted by molar-refractivity contribution is 7.87. The summed E-state index contributed by atoms with van der Waals surface area (Å²) in [5, 5.41) is 25.1. The predicted molar refractivity (Wildman–Crippen MR) is 298 cm³/mol. The largest absolute Gasteiger partial charge is 0.477 e. The number of nitrogens with one attached hydrogen (secondary N) is 1. The molecular formula is C56H62N8O15S3. The van der Waals surface area contributed by atoms with Gasteiger partial charge in [0, 0.05) is 20.3 Å². The van der Waals surface area contributed by atoms with Gasteiger partial charge in [0.1, 0.15) is 23.5 Å². The van der Waals surface area contributed by atoms with Crippen LogP contribution in [0.1, 0.15) is 81.9 Å². The van der Waals surface area contributed by atoms with Gasteiger partial charge in [0.2, 0.25) is 5.88 Å². The summed E-state index contributed by atoms with van der Waals surface area (Å²) in [5.74, 6) is -0.967. The molecule has 0 saturated carbocycles. The number of esters is 2. The summed E-state index contributed by atoms with van der Waals surface area (Å²) in [5.41, 5.74) is 4.43. The van der Waals surface area contributed by atoms with Gasteiger partial charge in [-0.05, 0) is 113 Å². The van der Waals surface area contributed by atoms with Crippen molar-refractivity contribution in [3.05, 3.63) is 159 Å². The monoisotopic (exact) mass is 1180 g/mol. The lowest BCUT2D eigenvalue weighted by molar-refractivity contribution is 0.0591. The van der Waals surface area contributed by atoms with Crippen molar-refractivity contribution in [3.8, 4) is 40.5 Å². The molecule has 0 radical (unpaired) electrons. The number of nitrogens with zero attached hydrogens (tertiary/aromatic N) is 7. The van der Waals surface area contributed by atoms with Crippen LogP contribution < -0.4 is 10.3 Å². The zero-order chi connectivity index (χ0) is 60.4. The van der Waals surface area contributed by atoms with E-state index in [-0.39, 0.29) is 92.3 Å². The van der Waals surface area contributed by atoms with Crippen LogP contribution in [-0.2, 0) is 66.5 Å². The Labute approximate surface area is 476 Å². The lowest BCUT2D eigenvalue weighted by Gasteiger charge is -2.14. The van der Waals surface area contributed by atoms with Crippen molar-refractivity contribution in [2.24, 2.45) is 25.9 Å². The molecule has 0 unspecified atom stereocenters. The van der Waals surface area contributed by atoms with Crippen LogP contribution in [-0.4, -0.2) is 107 Å². The highest BCUT2D eigenvalue weighted by Crippen LogP contribution is 2.30. The number of carbonyl (C=O) groups is 2. The number of benzene rings is 3. The summed E-state index contributed by atoms with van der Waals surface area (Å²) in [6.07, 6.45) is 4.55. The fourth-order valence-electron chi connectivity index (χ4n) is 7.20. The molecule has 0 aliphatic heterocycles. The molecule has 82 heavy (non-hydrogen) atoms. The molecule has 0 bridgehead atoms. The third-order valence-corrected chi connectivity index (χ3v) is 15.9. The zero-order valence-electron chi connectivity index (χ0n) is 46.5. The third-order valence-electron chi connectivity index (χ3n) is 12.0. The van der Waals surface area contributed by atoms with Crippen LogP contribution in [0.25, 0.3) is 22.5 Å². The number of pyridine rings is 2. The third kappa shape index (κ3) is 18.3. The minimum atomic E-state index is -3.84. The van der Waals surface area contributed by atoms with Gasteiger partial charge in [-0.25, -0.2) is 24.2 Å². The first kappa shape index (κ1) is 64.5. The minimum absolute atomic E-state index is 0.00603. The number of hydrogen-bond donors (Lipinski definition) is 1. The molecule has 23 nitrogen and oxygen atoms in total. The summed E-state index contributed by atoms with van der Waals surface area (Å²) in [7, 11) is -5.67. The quantitative estimate of drug-likeness (QED) is 0.0389.